The Bertz CT molecular complexity index is 643. The molecule has 2 nitrogen and oxygen atoms in total. The maximum Gasteiger partial charge on any atom is 0.187 e. The second-order valence-electron chi connectivity index (χ2n) is 4.94. The minimum Gasteiger partial charge on any atom is -0.371 e. The van der Waals surface area contributed by atoms with E-state index < -0.39 is 0 Å². The first kappa shape index (κ1) is 16.0. The quantitative estimate of drug-likeness (QED) is 0.582. The molecule has 0 saturated carbocycles. The molecular formula is C19H20FNO. The molecular weight excluding hydrogens is 277 g/mol. The molecule has 0 aromatic heterocycles. The van der Waals surface area contributed by atoms with Gasteiger partial charge in [0, 0.05) is 30.4 Å². The highest BCUT2D eigenvalue weighted by Crippen LogP contribution is 2.20. The zero-order chi connectivity index (χ0) is 15.9. The molecule has 0 N–H and O–H groups in total. The Labute approximate surface area is 130 Å². The lowest BCUT2D eigenvalue weighted by atomic mass is 10.1. The first-order chi connectivity index (χ1) is 10.7. The number of halogens is 1. The number of nitrogens with zero attached hydrogens (tertiary/aromatic N) is 1. The van der Waals surface area contributed by atoms with E-state index in [0.29, 0.717) is 5.56 Å². The summed E-state index contributed by atoms with van der Waals surface area (Å²) in [6, 6.07) is 15.5. The molecule has 22 heavy (non-hydrogen) atoms. The molecule has 0 fully saturated rings. The van der Waals surface area contributed by atoms with Crippen molar-refractivity contribution in [2.45, 2.75) is 13.8 Å². The van der Waals surface area contributed by atoms with Crippen LogP contribution in [0.25, 0.3) is 5.70 Å². The molecule has 0 amide bonds. The Morgan fingerprint density at radius 3 is 2.09 bits per heavy atom. The second kappa shape index (κ2) is 7.55. The maximum atomic E-state index is 13.0. The van der Waals surface area contributed by atoms with Gasteiger partial charge < -0.3 is 4.90 Å². The van der Waals surface area contributed by atoms with E-state index in [1.807, 2.05) is 30.3 Å². The number of carbonyl (C=O) groups excluding carboxylic acids is 1. The fourth-order valence-corrected chi connectivity index (χ4v) is 2.35. The van der Waals surface area contributed by atoms with Gasteiger partial charge in [-0.15, -0.1) is 0 Å². The largest absolute Gasteiger partial charge is 0.371 e. The van der Waals surface area contributed by atoms with E-state index >= 15 is 0 Å². The van der Waals surface area contributed by atoms with Crippen LogP contribution in [-0.4, -0.2) is 23.8 Å². The molecule has 0 aliphatic rings. The number of rotatable bonds is 6. The number of hydrogen-bond acceptors (Lipinski definition) is 2. The molecule has 0 bridgehead atoms. The minimum absolute atomic E-state index is 0.120. The van der Waals surface area contributed by atoms with Crippen molar-refractivity contribution in [1.82, 2.24) is 4.90 Å². The molecule has 0 atom stereocenters. The maximum absolute atomic E-state index is 13.0. The van der Waals surface area contributed by atoms with Crippen LogP contribution < -0.4 is 0 Å². The van der Waals surface area contributed by atoms with Gasteiger partial charge in [-0.25, -0.2) is 4.39 Å². The summed E-state index contributed by atoms with van der Waals surface area (Å²) in [5.41, 5.74) is 2.38. The van der Waals surface area contributed by atoms with E-state index in [4.69, 9.17) is 0 Å². The van der Waals surface area contributed by atoms with Gasteiger partial charge in [0.2, 0.25) is 0 Å². The first-order valence-corrected chi connectivity index (χ1v) is 7.47. The van der Waals surface area contributed by atoms with Gasteiger partial charge in [0.15, 0.2) is 5.78 Å². The Morgan fingerprint density at radius 2 is 1.55 bits per heavy atom. The van der Waals surface area contributed by atoms with Gasteiger partial charge in [-0.3, -0.25) is 4.79 Å². The number of benzene rings is 2. The third-order valence-corrected chi connectivity index (χ3v) is 3.57. The molecule has 3 heteroatoms. The number of ketones is 1. The third-order valence-electron chi connectivity index (χ3n) is 3.57. The summed E-state index contributed by atoms with van der Waals surface area (Å²) in [5.74, 6) is -0.460. The summed E-state index contributed by atoms with van der Waals surface area (Å²) in [6.45, 7) is 5.74. The smallest absolute Gasteiger partial charge is 0.187 e. The normalized spacial score (nSPS) is 11.3. The lowest BCUT2D eigenvalue weighted by molar-refractivity contribution is 0.104. The van der Waals surface area contributed by atoms with Crippen LogP contribution >= 0.6 is 0 Å². The SMILES string of the molecule is CCN(CC)/C(=C\C(=O)c1ccc(F)cc1)c1ccccc1. The topological polar surface area (TPSA) is 20.3 Å². The van der Waals surface area contributed by atoms with Crippen molar-refractivity contribution in [2.75, 3.05) is 13.1 Å². The summed E-state index contributed by atoms with van der Waals surface area (Å²) < 4.78 is 13.0. The van der Waals surface area contributed by atoms with Crippen molar-refractivity contribution >= 4 is 11.5 Å². The molecule has 0 unspecified atom stereocenters. The van der Waals surface area contributed by atoms with Crippen molar-refractivity contribution in [3.8, 4) is 0 Å². The zero-order valence-electron chi connectivity index (χ0n) is 12.9. The molecule has 114 valence electrons. The predicted molar refractivity (Wildman–Crippen MR) is 88.1 cm³/mol. The second-order valence-corrected chi connectivity index (χ2v) is 4.94. The van der Waals surface area contributed by atoms with Crippen LogP contribution in [-0.2, 0) is 0 Å². The standard InChI is InChI=1S/C19H20FNO/c1-3-21(4-2)18(15-8-6-5-7-9-15)14-19(22)16-10-12-17(20)13-11-16/h5-14H,3-4H2,1-2H3/b18-14-. The monoisotopic (exact) mass is 297 g/mol. The van der Waals surface area contributed by atoms with E-state index in [1.165, 1.54) is 24.3 Å². The van der Waals surface area contributed by atoms with Gasteiger partial charge in [0.1, 0.15) is 5.82 Å². The number of allylic oxidation sites excluding steroid dienone is 1. The van der Waals surface area contributed by atoms with Crippen molar-refractivity contribution in [3.63, 3.8) is 0 Å². The van der Waals surface area contributed by atoms with Crippen LogP contribution in [0, 0.1) is 5.82 Å². The van der Waals surface area contributed by atoms with Crippen LogP contribution in [0.3, 0.4) is 0 Å². The molecule has 0 spiro atoms. The molecule has 2 aromatic rings. The van der Waals surface area contributed by atoms with Gasteiger partial charge in [-0.2, -0.15) is 0 Å². The van der Waals surface area contributed by atoms with E-state index in [1.54, 1.807) is 6.08 Å². The summed E-state index contributed by atoms with van der Waals surface area (Å²) in [7, 11) is 0. The summed E-state index contributed by atoms with van der Waals surface area (Å²) >= 11 is 0. The van der Waals surface area contributed by atoms with Crippen LogP contribution in [0.5, 0.6) is 0 Å². The number of hydrogen-bond donors (Lipinski definition) is 0. The average Bonchev–Trinajstić information content (AvgIpc) is 2.56. The lowest BCUT2D eigenvalue weighted by Gasteiger charge is -2.24. The van der Waals surface area contributed by atoms with Gasteiger partial charge in [0.05, 0.1) is 0 Å². The van der Waals surface area contributed by atoms with E-state index in [-0.39, 0.29) is 11.6 Å². The summed E-state index contributed by atoms with van der Waals surface area (Å²) in [4.78, 5) is 14.6. The molecule has 0 aliphatic carbocycles. The molecule has 2 rings (SSSR count). The van der Waals surface area contributed by atoms with Crippen molar-refractivity contribution in [3.05, 3.63) is 77.6 Å². The molecule has 0 aliphatic heterocycles. The fourth-order valence-electron chi connectivity index (χ4n) is 2.35. The van der Waals surface area contributed by atoms with Crippen molar-refractivity contribution < 1.29 is 9.18 Å². The van der Waals surface area contributed by atoms with Gasteiger partial charge in [-0.05, 0) is 43.7 Å². The lowest BCUT2D eigenvalue weighted by Crippen LogP contribution is -2.22. The molecule has 0 heterocycles. The molecule has 0 saturated heterocycles. The zero-order valence-corrected chi connectivity index (χ0v) is 12.9. The van der Waals surface area contributed by atoms with E-state index in [9.17, 15) is 9.18 Å². The van der Waals surface area contributed by atoms with Crippen LogP contribution in [0.1, 0.15) is 29.8 Å². The average molecular weight is 297 g/mol. The van der Waals surface area contributed by atoms with Crippen molar-refractivity contribution in [1.29, 1.82) is 0 Å². The van der Waals surface area contributed by atoms with Crippen molar-refractivity contribution in [2.24, 2.45) is 0 Å². The Morgan fingerprint density at radius 1 is 0.955 bits per heavy atom. The van der Waals surface area contributed by atoms with Crippen LogP contribution in [0.4, 0.5) is 4.39 Å². The Kier molecular flexibility index (Phi) is 5.48. The molecule has 2 aromatic carbocycles. The highest BCUT2D eigenvalue weighted by Gasteiger charge is 2.12. The van der Waals surface area contributed by atoms with Gasteiger partial charge in [0.25, 0.3) is 0 Å². The summed E-state index contributed by atoms with van der Waals surface area (Å²) in [6.07, 6.45) is 1.63. The first-order valence-electron chi connectivity index (χ1n) is 7.47. The molecule has 0 radical (unpaired) electrons. The van der Waals surface area contributed by atoms with E-state index in [0.717, 1.165) is 24.4 Å². The van der Waals surface area contributed by atoms with Crippen LogP contribution in [0.15, 0.2) is 60.7 Å². The highest BCUT2D eigenvalue weighted by molar-refractivity contribution is 6.08. The summed E-state index contributed by atoms with van der Waals surface area (Å²) in [5, 5.41) is 0. The highest BCUT2D eigenvalue weighted by atomic mass is 19.1. The van der Waals surface area contributed by atoms with Crippen LogP contribution in [0.2, 0.25) is 0 Å². The van der Waals surface area contributed by atoms with Gasteiger partial charge in [-0.1, -0.05) is 30.3 Å². The minimum atomic E-state index is -0.340. The Hall–Kier alpha value is -2.42. The fraction of sp³-hybridized carbons (Fsp3) is 0.211. The van der Waals surface area contributed by atoms with Gasteiger partial charge >= 0.3 is 0 Å². The Balaban J connectivity index is 2.39. The number of carbonyl (C=O) groups is 1. The predicted octanol–water partition coefficient (Wildman–Crippen LogP) is 4.39. The third kappa shape index (κ3) is 3.82. The van der Waals surface area contributed by atoms with E-state index in [2.05, 4.69) is 18.7 Å².